The maximum Gasteiger partial charge on any atom is 0.218 e. The summed E-state index contributed by atoms with van der Waals surface area (Å²) in [6, 6.07) is 7.70. The Morgan fingerprint density at radius 3 is 3.00 bits per heavy atom. The van der Waals surface area contributed by atoms with Crippen LogP contribution in [0.5, 0.6) is 0 Å². The molecule has 0 radical (unpaired) electrons. The van der Waals surface area contributed by atoms with E-state index in [1.165, 1.54) is 0 Å². The van der Waals surface area contributed by atoms with Crippen molar-refractivity contribution in [3.63, 3.8) is 0 Å². The second-order valence-corrected chi connectivity index (χ2v) is 3.78. The van der Waals surface area contributed by atoms with Crippen molar-refractivity contribution in [3.8, 4) is 0 Å². The summed E-state index contributed by atoms with van der Waals surface area (Å²) >= 11 is 0. The van der Waals surface area contributed by atoms with Gasteiger partial charge < -0.3 is 9.84 Å². The highest BCUT2D eigenvalue weighted by Crippen LogP contribution is 2.37. The molecule has 15 heavy (non-hydrogen) atoms. The highest BCUT2D eigenvalue weighted by atomic mass is 16.5. The van der Waals surface area contributed by atoms with E-state index >= 15 is 0 Å². The molecule has 2 N–H and O–H groups in total. The van der Waals surface area contributed by atoms with E-state index < -0.39 is 5.60 Å². The first kappa shape index (κ1) is 10.2. The van der Waals surface area contributed by atoms with Crippen molar-refractivity contribution in [2.24, 2.45) is 0 Å². The zero-order valence-corrected chi connectivity index (χ0v) is 8.79. The summed E-state index contributed by atoms with van der Waals surface area (Å²) in [6.45, 7) is 2.24. The van der Waals surface area contributed by atoms with Crippen molar-refractivity contribution >= 4 is 5.90 Å². The molecule has 0 saturated heterocycles. The maximum atomic E-state index is 10.4. The molecule has 1 atom stereocenters. The number of benzene rings is 1. The van der Waals surface area contributed by atoms with Crippen molar-refractivity contribution in [3.05, 3.63) is 35.4 Å². The number of nitrogens with one attached hydrogen (secondary N) is 1. The number of ether oxygens (including phenoxy) is 1. The Labute approximate surface area is 89.2 Å². The van der Waals surface area contributed by atoms with E-state index in [-0.39, 0.29) is 5.90 Å². The normalized spacial score (nSPS) is 23.6. The topological polar surface area (TPSA) is 53.3 Å². The minimum absolute atomic E-state index is 0.0325. The summed E-state index contributed by atoms with van der Waals surface area (Å²) < 4.78 is 5.12. The molecule has 0 bridgehead atoms. The first-order chi connectivity index (χ1) is 7.18. The standard InChI is InChI=1S/C12H15NO2/c1-2-15-11(13)12(14)8-7-9-5-3-4-6-10(9)12/h3-6,13-14H,2,7-8H2,1H3. The molecule has 0 spiro atoms. The molecular weight excluding hydrogens is 190 g/mol. The van der Waals surface area contributed by atoms with Crippen LogP contribution in [-0.2, 0) is 16.8 Å². The van der Waals surface area contributed by atoms with Crippen LogP contribution in [0.1, 0.15) is 24.5 Å². The van der Waals surface area contributed by atoms with Crippen LogP contribution in [0.2, 0.25) is 0 Å². The van der Waals surface area contributed by atoms with Gasteiger partial charge in [-0.3, -0.25) is 5.41 Å². The van der Waals surface area contributed by atoms with Gasteiger partial charge in [0.15, 0.2) is 5.60 Å². The van der Waals surface area contributed by atoms with Crippen LogP contribution >= 0.6 is 0 Å². The van der Waals surface area contributed by atoms with Gasteiger partial charge in [0.05, 0.1) is 6.61 Å². The third kappa shape index (κ3) is 1.53. The van der Waals surface area contributed by atoms with Gasteiger partial charge in [0.25, 0.3) is 0 Å². The van der Waals surface area contributed by atoms with Crippen molar-refractivity contribution in [1.82, 2.24) is 0 Å². The monoisotopic (exact) mass is 205 g/mol. The fourth-order valence-electron chi connectivity index (χ4n) is 2.09. The van der Waals surface area contributed by atoms with Gasteiger partial charge in [-0.2, -0.15) is 0 Å². The molecule has 3 nitrogen and oxygen atoms in total. The Morgan fingerprint density at radius 2 is 2.27 bits per heavy atom. The molecule has 0 amide bonds. The van der Waals surface area contributed by atoms with Crippen molar-refractivity contribution in [2.45, 2.75) is 25.4 Å². The summed E-state index contributed by atoms with van der Waals surface area (Å²) in [4.78, 5) is 0. The van der Waals surface area contributed by atoms with Crippen LogP contribution in [-0.4, -0.2) is 17.6 Å². The summed E-state index contributed by atoms with van der Waals surface area (Å²) in [7, 11) is 0. The summed E-state index contributed by atoms with van der Waals surface area (Å²) in [5.74, 6) is -0.0325. The van der Waals surface area contributed by atoms with Crippen LogP contribution < -0.4 is 0 Å². The molecule has 0 aromatic heterocycles. The molecule has 1 aliphatic carbocycles. The molecule has 1 aromatic rings. The Hall–Kier alpha value is -1.35. The maximum absolute atomic E-state index is 10.4. The van der Waals surface area contributed by atoms with E-state index in [9.17, 15) is 5.11 Å². The molecular formula is C12H15NO2. The highest BCUT2D eigenvalue weighted by molar-refractivity contribution is 5.85. The van der Waals surface area contributed by atoms with Gasteiger partial charge in [0.1, 0.15) is 0 Å². The third-order valence-corrected chi connectivity index (χ3v) is 2.88. The van der Waals surface area contributed by atoms with Crippen LogP contribution in [0.4, 0.5) is 0 Å². The minimum atomic E-state index is -1.20. The van der Waals surface area contributed by atoms with E-state index in [0.29, 0.717) is 13.0 Å². The van der Waals surface area contributed by atoms with Crippen molar-refractivity contribution in [2.75, 3.05) is 6.61 Å². The fraction of sp³-hybridized carbons (Fsp3) is 0.417. The van der Waals surface area contributed by atoms with Crippen LogP contribution in [0.25, 0.3) is 0 Å². The zero-order valence-electron chi connectivity index (χ0n) is 8.79. The highest BCUT2D eigenvalue weighted by Gasteiger charge is 2.41. The van der Waals surface area contributed by atoms with E-state index in [4.69, 9.17) is 10.1 Å². The van der Waals surface area contributed by atoms with E-state index in [1.54, 1.807) is 0 Å². The van der Waals surface area contributed by atoms with Crippen molar-refractivity contribution < 1.29 is 9.84 Å². The van der Waals surface area contributed by atoms with E-state index in [2.05, 4.69) is 0 Å². The lowest BCUT2D eigenvalue weighted by Crippen LogP contribution is -2.34. The summed E-state index contributed by atoms with van der Waals surface area (Å²) in [5, 5.41) is 18.1. The van der Waals surface area contributed by atoms with Gasteiger partial charge in [-0.15, -0.1) is 0 Å². The Morgan fingerprint density at radius 1 is 1.53 bits per heavy atom. The molecule has 0 saturated carbocycles. The number of fused-ring (bicyclic) bond motifs is 1. The molecule has 0 fully saturated rings. The molecule has 1 aromatic carbocycles. The first-order valence-corrected chi connectivity index (χ1v) is 5.21. The minimum Gasteiger partial charge on any atom is -0.479 e. The van der Waals surface area contributed by atoms with Gasteiger partial charge in [-0.1, -0.05) is 24.3 Å². The molecule has 0 heterocycles. The molecule has 1 unspecified atom stereocenters. The number of rotatable bonds is 2. The number of aryl methyl sites for hydroxylation is 1. The Kier molecular flexibility index (Phi) is 2.49. The smallest absolute Gasteiger partial charge is 0.218 e. The van der Waals surface area contributed by atoms with E-state index in [0.717, 1.165) is 17.5 Å². The second-order valence-electron chi connectivity index (χ2n) is 3.78. The average molecular weight is 205 g/mol. The summed E-state index contributed by atoms with van der Waals surface area (Å²) in [6.07, 6.45) is 1.35. The van der Waals surface area contributed by atoms with Crippen LogP contribution in [0, 0.1) is 5.41 Å². The van der Waals surface area contributed by atoms with Gasteiger partial charge >= 0.3 is 0 Å². The van der Waals surface area contributed by atoms with Gasteiger partial charge in [0, 0.05) is 0 Å². The molecule has 80 valence electrons. The Bertz CT molecular complexity index is 389. The molecule has 2 rings (SSSR count). The molecule has 0 aliphatic heterocycles. The zero-order chi connectivity index (χ0) is 10.9. The lowest BCUT2D eigenvalue weighted by molar-refractivity contribution is 0.0782. The number of aliphatic hydroxyl groups is 1. The lowest BCUT2D eigenvalue weighted by Gasteiger charge is -2.24. The van der Waals surface area contributed by atoms with Crippen molar-refractivity contribution in [1.29, 1.82) is 5.41 Å². The predicted octanol–water partition coefficient (Wildman–Crippen LogP) is 1.83. The summed E-state index contributed by atoms with van der Waals surface area (Å²) in [5.41, 5.74) is 0.736. The largest absolute Gasteiger partial charge is 0.479 e. The van der Waals surface area contributed by atoms with Gasteiger partial charge in [-0.25, -0.2) is 0 Å². The lowest BCUT2D eigenvalue weighted by atomic mass is 9.96. The average Bonchev–Trinajstić information content (AvgIpc) is 2.59. The third-order valence-electron chi connectivity index (χ3n) is 2.88. The SMILES string of the molecule is CCOC(=N)C1(O)CCc2ccccc21. The van der Waals surface area contributed by atoms with Crippen LogP contribution in [0.15, 0.2) is 24.3 Å². The van der Waals surface area contributed by atoms with Gasteiger partial charge in [-0.05, 0) is 30.9 Å². The number of hydrogen-bond acceptors (Lipinski definition) is 3. The van der Waals surface area contributed by atoms with E-state index in [1.807, 2.05) is 31.2 Å². The van der Waals surface area contributed by atoms with Crippen LogP contribution in [0.3, 0.4) is 0 Å². The first-order valence-electron chi connectivity index (χ1n) is 5.21. The quantitative estimate of drug-likeness (QED) is 0.571. The Balaban J connectivity index is 2.36. The second kappa shape index (κ2) is 3.66. The fourth-order valence-corrected chi connectivity index (χ4v) is 2.09. The van der Waals surface area contributed by atoms with Gasteiger partial charge in [0.2, 0.25) is 5.90 Å². The number of hydrogen-bond donors (Lipinski definition) is 2. The predicted molar refractivity (Wildman–Crippen MR) is 58.0 cm³/mol. The molecule has 1 aliphatic rings. The molecule has 3 heteroatoms.